The number of nitrogens with one attached hydrogen (secondary N) is 1. The molecule has 136 valence electrons. The van der Waals surface area contributed by atoms with Crippen LogP contribution in [0.4, 0.5) is 9.52 Å². The summed E-state index contributed by atoms with van der Waals surface area (Å²) in [5.74, 6) is -0.708. The first-order chi connectivity index (χ1) is 13.0. The molecule has 0 aliphatic heterocycles. The fourth-order valence-electron chi connectivity index (χ4n) is 3.19. The molecule has 5 nitrogen and oxygen atoms in total. The Kier molecular flexibility index (Phi) is 4.24. The molecular formula is C20H16FN3O2S. The van der Waals surface area contributed by atoms with Gasteiger partial charge in [-0.15, -0.1) is 0 Å². The van der Waals surface area contributed by atoms with Crippen LogP contribution >= 0.6 is 11.3 Å². The molecule has 0 fully saturated rings. The normalized spacial score (nSPS) is 11.2. The van der Waals surface area contributed by atoms with E-state index in [9.17, 15) is 14.0 Å². The first-order valence-electron chi connectivity index (χ1n) is 8.48. The zero-order valence-corrected chi connectivity index (χ0v) is 15.6. The van der Waals surface area contributed by atoms with Gasteiger partial charge in [-0.05, 0) is 50.2 Å². The van der Waals surface area contributed by atoms with Crippen LogP contribution < -0.4 is 10.7 Å². The number of halogens is 1. The van der Waals surface area contributed by atoms with Crippen LogP contribution in [0, 0.1) is 12.7 Å². The van der Waals surface area contributed by atoms with E-state index in [0.29, 0.717) is 26.3 Å². The number of fused-ring (bicyclic) bond motifs is 2. The maximum Gasteiger partial charge on any atom is 0.257 e. The summed E-state index contributed by atoms with van der Waals surface area (Å²) >= 11 is 1.20. The van der Waals surface area contributed by atoms with E-state index in [-0.39, 0.29) is 17.2 Å². The summed E-state index contributed by atoms with van der Waals surface area (Å²) in [5, 5.41) is 3.61. The van der Waals surface area contributed by atoms with Gasteiger partial charge in [-0.2, -0.15) is 0 Å². The fourth-order valence-corrected chi connectivity index (χ4v) is 4.07. The molecule has 7 heteroatoms. The Hall–Kier alpha value is -3.06. The maximum atomic E-state index is 13.3. The number of carbonyl (C=O) groups is 1. The van der Waals surface area contributed by atoms with Gasteiger partial charge in [-0.1, -0.05) is 11.3 Å². The molecular weight excluding hydrogens is 365 g/mol. The summed E-state index contributed by atoms with van der Waals surface area (Å²) in [6.07, 6.45) is 0. The highest BCUT2D eigenvalue weighted by atomic mass is 32.1. The van der Waals surface area contributed by atoms with Crippen LogP contribution in [0.15, 0.2) is 47.3 Å². The largest absolute Gasteiger partial charge is 0.345 e. The number of benzene rings is 2. The summed E-state index contributed by atoms with van der Waals surface area (Å²) < 4.78 is 16.0. The average molecular weight is 381 g/mol. The number of pyridine rings is 1. The van der Waals surface area contributed by atoms with Crippen LogP contribution in [0.25, 0.3) is 21.1 Å². The highest BCUT2D eigenvalue weighted by molar-refractivity contribution is 7.22. The lowest BCUT2D eigenvalue weighted by Gasteiger charge is -2.13. The summed E-state index contributed by atoms with van der Waals surface area (Å²) in [6.45, 7) is 4.63. The van der Waals surface area contributed by atoms with Crippen LogP contribution in [0.1, 0.15) is 23.0 Å². The number of hydrogen-bond acceptors (Lipinski definition) is 4. The first kappa shape index (κ1) is 17.4. The van der Waals surface area contributed by atoms with E-state index in [4.69, 9.17) is 0 Å². The average Bonchev–Trinajstić information content (AvgIpc) is 3.03. The van der Waals surface area contributed by atoms with Crippen molar-refractivity contribution >= 4 is 43.5 Å². The van der Waals surface area contributed by atoms with E-state index in [1.807, 2.05) is 18.4 Å². The van der Waals surface area contributed by atoms with Crippen molar-refractivity contribution in [2.75, 3.05) is 5.32 Å². The topological polar surface area (TPSA) is 64.0 Å². The summed E-state index contributed by atoms with van der Waals surface area (Å²) in [4.78, 5) is 29.3. The number of thiazole rings is 1. The summed E-state index contributed by atoms with van der Waals surface area (Å²) in [6, 6.07) is 10.9. The highest BCUT2D eigenvalue weighted by Gasteiger charge is 2.13. The first-order valence-corrected chi connectivity index (χ1v) is 9.29. The molecule has 2 heterocycles. The molecule has 0 saturated carbocycles. The summed E-state index contributed by atoms with van der Waals surface area (Å²) in [5.41, 5.74) is 2.56. The number of hydrogen-bond donors (Lipinski definition) is 1. The number of aromatic nitrogens is 2. The quantitative estimate of drug-likeness (QED) is 0.574. The Bertz CT molecular complexity index is 1260. The Morgan fingerprint density at radius 3 is 2.81 bits per heavy atom. The number of amides is 1. The second-order valence-corrected chi connectivity index (χ2v) is 7.24. The minimum Gasteiger partial charge on any atom is -0.345 e. The molecule has 0 radical (unpaired) electrons. The predicted molar refractivity (Wildman–Crippen MR) is 106 cm³/mol. The molecule has 0 unspecified atom stereocenters. The van der Waals surface area contributed by atoms with Gasteiger partial charge >= 0.3 is 0 Å². The number of anilines is 1. The number of nitrogens with zero attached hydrogens (tertiary/aromatic N) is 2. The number of aryl methyl sites for hydroxylation is 2. The number of carbonyl (C=O) groups excluding carboxylic acids is 1. The van der Waals surface area contributed by atoms with Crippen molar-refractivity contribution in [3.05, 3.63) is 69.8 Å². The van der Waals surface area contributed by atoms with Gasteiger partial charge in [0.05, 0.1) is 15.7 Å². The molecule has 1 amide bonds. The minimum atomic E-state index is -0.362. The van der Waals surface area contributed by atoms with Gasteiger partial charge in [0.25, 0.3) is 5.91 Å². The molecule has 4 aromatic rings. The Morgan fingerprint density at radius 1 is 1.22 bits per heavy atom. The van der Waals surface area contributed by atoms with Crippen LogP contribution in [0.5, 0.6) is 0 Å². The van der Waals surface area contributed by atoms with Crippen molar-refractivity contribution in [2.24, 2.45) is 0 Å². The van der Waals surface area contributed by atoms with Crippen molar-refractivity contribution in [3.63, 3.8) is 0 Å². The molecule has 2 aromatic carbocycles. The number of rotatable bonds is 3. The van der Waals surface area contributed by atoms with Gasteiger partial charge in [0, 0.05) is 29.3 Å². The van der Waals surface area contributed by atoms with Gasteiger partial charge in [-0.3, -0.25) is 14.9 Å². The standard InChI is InChI=1S/C20H16FN3O2S/c1-3-24-11(2)8-17(25)14-9-12(4-7-16(14)24)19(26)23-20-22-15-6-5-13(21)10-18(15)27-20/h4-10H,3H2,1-2H3,(H,22,23,26). The Labute approximate surface area is 158 Å². The van der Waals surface area contributed by atoms with Gasteiger partial charge in [0.1, 0.15) is 5.82 Å². The van der Waals surface area contributed by atoms with Gasteiger partial charge in [-0.25, -0.2) is 9.37 Å². The third-order valence-electron chi connectivity index (χ3n) is 4.47. The fraction of sp³-hybridized carbons (Fsp3) is 0.150. The van der Waals surface area contributed by atoms with Crippen molar-refractivity contribution in [1.82, 2.24) is 9.55 Å². The highest BCUT2D eigenvalue weighted by Crippen LogP contribution is 2.27. The van der Waals surface area contributed by atoms with Crippen molar-refractivity contribution < 1.29 is 9.18 Å². The molecule has 2 aromatic heterocycles. The second-order valence-electron chi connectivity index (χ2n) is 6.21. The molecule has 0 aliphatic rings. The van der Waals surface area contributed by atoms with Crippen LogP contribution in [-0.4, -0.2) is 15.5 Å². The molecule has 0 aliphatic carbocycles. The van der Waals surface area contributed by atoms with E-state index < -0.39 is 0 Å². The van der Waals surface area contributed by atoms with E-state index in [1.54, 1.807) is 30.3 Å². The zero-order valence-electron chi connectivity index (χ0n) is 14.7. The van der Waals surface area contributed by atoms with Gasteiger partial charge in [0.2, 0.25) is 0 Å². The van der Waals surface area contributed by atoms with E-state index in [1.165, 1.54) is 23.5 Å². The van der Waals surface area contributed by atoms with Crippen molar-refractivity contribution in [2.45, 2.75) is 20.4 Å². The molecule has 0 spiro atoms. The molecule has 1 N–H and O–H groups in total. The third kappa shape index (κ3) is 3.10. The molecule has 0 bridgehead atoms. The molecule has 0 atom stereocenters. The van der Waals surface area contributed by atoms with Crippen LogP contribution in [0.2, 0.25) is 0 Å². The monoisotopic (exact) mass is 381 g/mol. The van der Waals surface area contributed by atoms with Gasteiger partial charge < -0.3 is 4.57 Å². The Balaban J connectivity index is 1.70. The van der Waals surface area contributed by atoms with Gasteiger partial charge in [0.15, 0.2) is 10.6 Å². The van der Waals surface area contributed by atoms with E-state index in [0.717, 1.165) is 17.8 Å². The van der Waals surface area contributed by atoms with Crippen molar-refractivity contribution in [3.8, 4) is 0 Å². The van der Waals surface area contributed by atoms with Crippen LogP contribution in [-0.2, 0) is 6.54 Å². The lowest BCUT2D eigenvalue weighted by Crippen LogP contribution is -2.15. The van der Waals surface area contributed by atoms with E-state index in [2.05, 4.69) is 10.3 Å². The zero-order chi connectivity index (χ0) is 19.1. The predicted octanol–water partition coefficient (Wildman–Crippen LogP) is 4.33. The third-order valence-corrected chi connectivity index (χ3v) is 5.40. The molecule has 4 rings (SSSR count). The second kappa shape index (κ2) is 6.59. The Morgan fingerprint density at radius 2 is 2.04 bits per heavy atom. The molecule has 27 heavy (non-hydrogen) atoms. The maximum absolute atomic E-state index is 13.3. The minimum absolute atomic E-state index is 0.114. The molecule has 0 saturated heterocycles. The summed E-state index contributed by atoms with van der Waals surface area (Å²) in [7, 11) is 0. The lowest BCUT2D eigenvalue weighted by atomic mass is 10.1. The van der Waals surface area contributed by atoms with E-state index >= 15 is 0 Å². The van der Waals surface area contributed by atoms with Crippen molar-refractivity contribution in [1.29, 1.82) is 0 Å². The SMILES string of the molecule is CCn1c(C)cc(=O)c2cc(C(=O)Nc3nc4ccc(F)cc4s3)ccc21. The lowest BCUT2D eigenvalue weighted by molar-refractivity contribution is 0.102. The smallest absolute Gasteiger partial charge is 0.257 e. The van der Waals surface area contributed by atoms with Crippen LogP contribution in [0.3, 0.4) is 0 Å².